The number of anilines is 1. The van der Waals surface area contributed by atoms with Gasteiger partial charge in [-0.2, -0.15) is 0 Å². The molecule has 21 heavy (non-hydrogen) atoms. The van der Waals surface area contributed by atoms with E-state index in [-0.39, 0.29) is 0 Å². The first-order valence-electron chi connectivity index (χ1n) is 6.31. The molecule has 0 aliphatic rings. The Morgan fingerprint density at radius 2 is 1.86 bits per heavy atom. The van der Waals surface area contributed by atoms with Gasteiger partial charge in [-0.15, -0.1) is 0 Å². The molecule has 0 heterocycles. The van der Waals surface area contributed by atoms with Gasteiger partial charge in [-0.1, -0.05) is 43.5 Å². The van der Waals surface area contributed by atoms with Crippen LogP contribution >= 0.6 is 59.4 Å². The Morgan fingerprint density at radius 1 is 1.10 bits per heavy atom. The van der Waals surface area contributed by atoms with Gasteiger partial charge in [0.2, 0.25) is 0 Å². The second kappa shape index (κ2) is 7.86. The molecule has 0 saturated carbocycles. The van der Waals surface area contributed by atoms with Crippen LogP contribution in [0.2, 0.25) is 5.02 Å². The van der Waals surface area contributed by atoms with E-state index in [0.717, 1.165) is 30.4 Å². The Balaban J connectivity index is 2.25. The topological polar surface area (TPSA) is 21.3 Å². The van der Waals surface area contributed by atoms with Gasteiger partial charge in [-0.3, -0.25) is 0 Å². The summed E-state index contributed by atoms with van der Waals surface area (Å²) in [4.78, 5) is 0. The third-order valence-electron chi connectivity index (χ3n) is 2.77. The third-order valence-corrected chi connectivity index (χ3v) is 4.64. The highest BCUT2D eigenvalue weighted by Gasteiger charge is 2.10. The van der Waals surface area contributed by atoms with Crippen molar-refractivity contribution in [3.8, 4) is 5.75 Å². The number of ether oxygens (including phenoxy) is 1. The van der Waals surface area contributed by atoms with E-state index >= 15 is 0 Å². The van der Waals surface area contributed by atoms with Gasteiger partial charge in [0.25, 0.3) is 0 Å². The molecule has 0 spiro atoms. The van der Waals surface area contributed by atoms with E-state index in [4.69, 9.17) is 16.3 Å². The van der Waals surface area contributed by atoms with Crippen molar-refractivity contribution in [1.29, 1.82) is 0 Å². The molecule has 0 bridgehead atoms. The Hall–Kier alpha value is -0.230. The molecule has 0 unspecified atom stereocenters. The zero-order chi connectivity index (χ0) is 15.4. The van der Waals surface area contributed by atoms with E-state index in [1.165, 1.54) is 0 Å². The Kier molecular flexibility index (Phi) is 6.41. The smallest absolute Gasteiger partial charge is 0.138 e. The van der Waals surface area contributed by atoms with Gasteiger partial charge in [-0.05, 0) is 53.2 Å². The maximum Gasteiger partial charge on any atom is 0.138 e. The largest absolute Gasteiger partial charge is 0.492 e. The lowest BCUT2D eigenvalue weighted by molar-refractivity contribution is 0.334. The summed E-state index contributed by atoms with van der Waals surface area (Å²) in [5, 5.41) is 4.03. The van der Waals surface area contributed by atoms with Gasteiger partial charge < -0.3 is 10.1 Å². The van der Waals surface area contributed by atoms with Crippen LogP contribution in [-0.2, 0) is 6.54 Å². The second-order valence-electron chi connectivity index (χ2n) is 4.29. The first kappa shape index (κ1) is 17.1. The minimum Gasteiger partial charge on any atom is -0.492 e. The van der Waals surface area contributed by atoms with Crippen molar-refractivity contribution in [1.82, 2.24) is 0 Å². The fraction of sp³-hybridized carbons (Fsp3) is 0.200. The van der Waals surface area contributed by atoms with Gasteiger partial charge in [0.1, 0.15) is 5.75 Å². The molecule has 0 amide bonds. The predicted molar refractivity (Wildman–Crippen MR) is 99.5 cm³/mol. The number of nitrogens with one attached hydrogen (secondary N) is 1. The lowest BCUT2D eigenvalue weighted by atomic mass is 10.2. The lowest BCUT2D eigenvalue weighted by Gasteiger charge is -2.15. The summed E-state index contributed by atoms with van der Waals surface area (Å²) >= 11 is 16.7. The van der Waals surface area contributed by atoms with E-state index < -0.39 is 0 Å². The molecule has 2 rings (SSSR count). The van der Waals surface area contributed by atoms with Gasteiger partial charge >= 0.3 is 0 Å². The van der Waals surface area contributed by atoms with Crippen LogP contribution in [-0.4, -0.2) is 6.61 Å². The standard InChI is InChI=1S/C15H13Br3ClNO/c1-2-21-15-9(5-11(17)6-12(15)18)8-20-14-7-10(16)3-4-13(14)19/h3-7,20H,2,8H2,1H3. The van der Waals surface area contributed by atoms with Crippen LogP contribution in [0.15, 0.2) is 43.7 Å². The molecule has 0 aliphatic carbocycles. The summed E-state index contributed by atoms with van der Waals surface area (Å²) < 4.78 is 8.62. The highest BCUT2D eigenvalue weighted by atomic mass is 79.9. The Labute approximate surface area is 154 Å². The number of rotatable bonds is 5. The van der Waals surface area contributed by atoms with Crippen molar-refractivity contribution in [2.45, 2.75) is 13.5 Å². The van der Waals surface area contributed by atoms with E-state index in [2.05, 4.69) is 53.1 Å². The number of benzene rings is 2. The molecule has 2 aromatic carbocycles. The summed E-state index contributed by atoms with van der Waals surface area (Å²) in [7, 11) is 0. The maximum atomic E-state index is 6.19. The van der Waals surface area contributed by atoms with Crippen molar-refractivity contribution in [2.75, 3.05) is 11.9 Å². The van der Waals surface area contributed by atoms with Crippen molar-refractivity contribution in [3.63, 3.8) is 0 Å². The van der Waals surface area contributed by atoms with Gasteiger partial charge in [0.15, 0.2) is 0 Å². The Morgan fingerprint density at radius 3 is 2.57 bits per heavy atom. The molecule has 2 aromatic rings. The molecular formula is C15H13Br3ClNO. The lowest BCUT2D eigenvalue weighted by Crippen LogP contribution is -2.04. The molecule has 6 heteroatoms. The molecule has 0 radical (unpaired) electrons. The SMILES string of the molecule is CCOc1c(Br)cc(Br)cc1CNc1cc(Br)ccc1Cl. The maximum absolute atomic E-state index is 6.19. The van der Waals surface area contributed by atoms with Crippen molar-refractivity contribution >= 4 is 65.1 Å². The fourth-order valence-corrected chi connectivity index (χ4v) is 3.85. The number of hydrogen-bond donors (Lipinski definition) is 1. The average Bonchev–Trinajstić information content (AvgIpc) is 2.43. The van der Waals surface area contributed by atoms with Crippen LogP contribution in [0.5, 0.6) is 5.75 Å². The first-order chi connectivity index (χ1) is 10.0. The molecule has 112 valence electrons. The first-order valence-corrected chi connectivity index (χ1v) is 9.06. The molecule has 0 fully saturated rings. The van der Waals surface area contributed by atoms with Crippen LogP contribution in [0, 0.1) is 0 Å². The summed E-state index contributed by atoms with van der Waals surface area (Å²) in [5.74, 6) is 0.847. The van der Waals surface area contributed by atoms with Crippen LogP contribution in [0.3, 0.4) is 0 Å². The molecule has 0 atom stereocenters. The van der Waals surface area contributed by atoms with Gasteiger partial charge in [-0.25, -0.2) is 0 Å². The van der Waals surface area contributed by atoms with E-state index in [1.54, 1.807) is 0 Å². The van der Waals surface area contributed by atoms with Crippen LogP contribution in [0.4, 0.5) is 5.69 Å². The third kappa shape index (κ3) is 4.62. The normalized spacial score (nSPS) is 10.5. The zero-order valence-electron chi connectivity index (χ0n) is 11.2. The minimum absolute atomic E-state index is 0.615. The van der Waals surface area contributed by atoms with E-state index in [1.807, 2.05) is 37.3 Å². The zero-order valence-corrected chi connectivity index (χ0v) is 16.7. The number of halogens is 4. The minimum atomic E-state index is 0.615. The predicted octanol–water partition coefficient (Wildman–Crippen LogP) is 6.64. The second-order valence-corrected chi connectivity index (χ2v) is 7.38. The van der Waals surface area contributed by atoms with Crippen molar-refractivity contribution in [2.24, 2.45) is 0 Å². The molecule has 1 N–H and O–H groups in total. The molecular weight excluding hydrogens is 485 g/mol. The summed E-state index contributed by atoms with van der Waals surface area (Å²) in [6, 6.07) is 9.73. The summed E-state index contributed by atoms with van der Waals surface area (Å²) in [5.41, 5.74) is 1.93. The number of hydrogen-bond acceptors (Lipinski definition) is 2. The van der Waals surface area contributed by atoms with E-state index in [9.17, 15) is 0 Å². The van der Waals surface area contributed by atoms with Crippen LogP contribution < -0.4 is 10.1 Å². The quantitative estimate of drug-likeness (QED) is 0.499. The van der Waals surface area contributed by atoms with E-state index in [0.29, 0.717) is 18.2 Å². The van der Waals surface area contributed by atoms with Crippen molar-refractivity contribution < 1.29 is 4.74 Å². The van der Waals surface area contributed by atoms with Gasteiger partial charge in [0, 0.05) is 21.1 Å². The molecule has 0 aliphatic heterocycles. The summed E-state index contributed by atoms with van der Waals surface area (Å²) in [6.45, 7) is 3.20. The molecule has 2 nitrogen and oxygen atoms in total. The molecule has 0 saturated heterocycles. The average molecular weight is 498 g/mol. The molecule has 0 aromatic heterocycles. The highest BCUT2D eigenvalue weighted by molar-refractivity contribution is 9.11. The van der Waals surface area contributed by atoms with Crippen LogP contribution in [0.25, 0.3) is 0 Å². The Bertz CT molecular complexity index is 649. The fourth-order valence-electron chi connectivity index (χ4n) is 1.87. The van der Waals surface area contributed by atoms with Gasteiger partial charge in [0.05, 0.1) is 21.8 Å². The monoisotopic (exact) mass is 495 g/mol. The highest BCUT2D eigenvalue weighted by Crippen LogP contribution is 2.34. The summed E-state index contributed by atoms with van der Waals surface area (Å²) in [6.07, 6.45) is 0. The van der Waals surface area contributed by atoms with Crippen molar-refractivity contribution in [3.05, 3.63) is 54.3 Å². The van der Waals surface area contributed by atoms with Crippen LogP contribution in [0.1, 0.15) is 12.5 Å².